The van der Waals surface area contributed by atoms with Crippen LogP contribution in [0.1, 0.15) is 48.4 Å². The second kappa shape index (κ2) is 10.6. The molecule has 1 amide bonds. The summed E-state index contributed by atoms with van der Waals surface area (Å²) in [5, 5.41) is 13.4. The molecule has 3 heterocycles. The van der Waals surface area contributed by atoms with Gasteiger partial charge in [0, 0.05) is 36.2 Å². The Morgan fingerprint density at radius 1 is 1.11 bits per heavy atom. The van der Waals surface area contributed by atoms with Crippen molar-refractivity contribution in [1.29, 1.82) is 0 Å². The van der Waals surface area contributed by atoms with Crippen molar-refractivity contribution in [3.8, 4) is 5.69 Å². The van der Waals surface area contributed by atoms with E-state index >= 15 is 0 Å². The Bertz CT molecular complexity index is 1450. The zero-order valence-corrected chi connectivity index (χ0v) is 23.7. The molecule has 8 nitrogen and oxygen atoms in total. The van der Waals surface area contributed by atoms with Crippen molar-refractivity contribution in [2.24, 2.45) is 0 Å². The molecule has 0 bridgehead atoms. The molecule has 198 valence electrons. The third kappa shape index (κ3) is 5.00. The summed E-state index contributed by atoms with van der Waals surface area (Å²) in [7, 11) is 0. The average Bonchev–Trinajstić information content (AvgIpc) is 3.56. The molecule has 0 N–H and O–H groups in total. The number of hydrogen-bond donors (Lipinski definition) is 0. The minimum Gasteiger partial charge on any atom is -0.336 e. The van der Waals surface area contributed by atoms with E-state index in [4.69, 9.17) is 11.6 Å². The number of carbonyl (C=O) groups excluding carboxylic acids is 1. The van der Waals surface area contributed by atoms with Crippen molar-refractivity contribution in [3.05, 3.63) is 93.2 Å². The van der Waals surface area contributed by atoms with Crippen molar-refractivity contribution in [1.82, 2.24) is 34.6 Å². The van der Waals surface area contributed by atoms with E-state index < -0.39 is 5.54 Å². The summed E-state index contributed by atoms with van der Waals surface area (Å²) in [6.45, 7) is 8.48. The molecule has 1 fully saturated rings. The first-order valence-corrected chi connectivity index (χ1v) is 13.5. The van der Waals surface area contributed by atoms with Gasteiger partial charge in [-0.3, -0.25) is 9.69 Å². The molecular weight excluding hydrogens is 573 g/mol. The van der Waals surface area contributed by atoms with Crippen molar-refractivity contribution >= 4 is 33.4 Å². The predicted octanol–water partition coefficient (Wildman–Crippen LogP) is 5.32. The summed E-state index contributed by atoms with van der Waals surface area (Å²) in [4.78, 5) is 17.4. The van der Waals surface area contributed by atoms with Gasteiger partial charge < -0.3 is 4.90 Å². The van der Waals surface area contributed by atoms with Crippen molar-refractivity contribution in [3.63, 3.8) is 0 Å². The Kier molecular flexibility index (Phi) is 7.39. The second-order valence-corrected chi connectivity index (χ2v) is 11.1. The van der Waals surface area contributed by atoms with Crippen molar-refractivity contribution < 1.29 is 9.18 Å². The summed E-state index contributed by atoms with van der Waals surface area (Å²) in [6, 6.07) is 14.2. The van der Waals surface area contributed by atoms with Gasteiger partial charge in [0.15, 0.2) is 0 Å². The van der Waals surface area contributed by atoms with E-state index in [9.17, 15) is 9.18 Å². The predicted molar refractivity (Wildman–Crippen MR) is 147 cm³/mol. The Morgan fingerprint density at radius 2 is 1.82 bits per heavy atom. The summed E-state index contributed by atoms with van der Waals surface area (Å²) in [6.07, 6.45) is 3.41. The summed E-state index contributed by atoms with van der Waals surface area (Å²) < 4.78 is 18.5. The maximum Gasteiger partial charge on any atom is 0.258 e. The zero-order chi connectivity index (χ0) is 27.0. The highest BCUT2D eigenvalue weighted by atomic mass is 79.9. The maximum absolute atomic E-state index is 14.5. The first-order valence-electron chi connectivity index (χ1n) is 12.4. The van der Waals surface area contributed by atoms with Crippen LogP contribution in [0.2, 0.25) is 5.15 Å². The summed E-state index contributed by atoms with van der Waals surface area (Å²) >= 11 is 9.84. The fraction of sp³-hybridized carbons (Fsp3) is 0.333. The molecule has 0 saturated carbocycles. The quantitative estimate of drug-likeness (QED) is 0.300. The average molecular weight is 601 g/mol. The van der Waals surface area contributed by atoms with E-state index in [0.717, 1.165) is 11.4 Å². The smallest absolute Gasteiger partial charge is 0.258 e. The SMILES string of the molecule is C[C@H](c1ccc(Br)cc1F)n1cc(C(C)(C)N2CCN(C(=O)c3cnn(-c4ccccc4)c3Cl)CC2)nn1. The Morgan fingerprint density at radius 3 is 2.50 bits per heavy atom. The Labute approximate surface area is 234 Å². The van der Waals surface area contributed by atoms with Gasteiger partial charge in [-0.2, -0.15) is 5.10 Å². The number of piperazine rings is 1. The molecule has 1 atom stereocenters. The van der Waals surface area contributed by atoms with Gasteiger partial charge in [-0.25, -0.2) is 13.8 Å². The molecule has 1 aliphatic rings. The minimum atomic E-state index is -0.429. The van der Waals surface area contributed by atoms with E-state index in [0.29, 0.717) is 46.9 Å². The first-order chi connectivity index (χ1) is 18.2. The molecular formula is C27H28BrClFN7O. The first kappa shape index (κ1) is 26.5. The van der Waals surface area contributed by atoms with Crippen LogP contribution in [0.25, 0.3) is 5.69 Å². The number of halogens is 3. The molecule has 2 aromatic carbocycles. The van der Waals surface area contributed by atoms with Crippen LogP contribution in [0, 0.1) is 5.82 Å². The molecule has 4 aromatic rings. The van der Waals surface area contributed by atoms with E-state index in [2.05, 4.69) is 50.1 Å². The van der Waals surface area contributed by atoms with Gasteiger partial charge in [0.2, 0.25) is 0 Å². The molecule has 11 heteroatoms. The van der Waals surface area contributed by atoms with Crippen LogP contribution in [-0.2, 0) is 5.54 Å². The van der Waals surface area contributed by atoms with Gasteiger partial charge in [-0.1, -0.05) is 57.0 Å². The number of benzene rings is 2. The van der Waals surface area contributed by atoms with Crippen LogP contribution in [0.5, 0.6) is 0 Å². The zero-order valence-electron chi connectivity index (χ0n) is 21.4. The summed E-state index contributed by atoms with van der Waals surface area (Å²) in [5.74, 6) is -0.427. The molecule has 38 heavy (non-hydrogen) atoms. The number of rotatable bonds is 6. The van der Waals surface area contributed by atoms with Gasteiger partial charge in [0.1, 0.15) is 16.7 Å². The fourth-order valence-corrected chi connectivity index (χ4v) is 5.36. The monoisotopic (exact) mass is 599 g/mol. The molecule has 1 saturated heterocycles. The normalized spacial score (nSPS) is 15.6. The number of carbonyl (C=O) groups is 1. The lowest BCUT2D eigenvalue weighted by Gasteiger charge is -2.43. The van der Waals surface area contributed by atoms with Crippen molar-refractivity contribution in [2.75, 3.05) is 26.2 Å². The van der Waals surface area contributed by atoms with E-state index in [1.165, 1.54) is 12.3 Å². The molecule has 0 aliphatic carbocycles. The number of hydrogen-bond acceptors (Lipinski definition) is 5. The van der Waals surface area contributed by atoms with E-state index in [-0.39, 0.29) is 17.8 Å². The lowest BCUT2D eigenvalue weighted by molar-refractivity contribution is 0.0378. The van der Waals surface area contributed by atoms with Crippen LogP contribution >= 0.6 is 27.5 Å². The van der Waals surface area contributed by atoms with Gasteiger partial charge in [-0.05, 0) is 45.0 Å². The maximum atomic E-state index is 14.5. The Hall–Kier alpha value is -3.08. The third-order valence-electron chi connectivity index (χ3n) is 7.25. The number of para-hydroxylation sites is 1. The molecule has 0 unspecified atom stereocenters. The molecule has 0 spiro atoms. The van der Waals surface area contributed by atoms with Crippen LogP contribution in [0.15, 0.2) is 65.4 Å². The van der Waals surface area contributed by atoms with Gasteiger partial charge in [0.25, 0.3) is 5.91 Å². The van der Waals surface area contributed by atoms with Crippen LogP contribution in [0.3, 0.4) is 0 Å². The summed E-state index contributed by atoms with van der Waals surface area (Å²) in [5.41, 5.74) is 2.09. The highest BCUT2D eigenvalue weighted by Gasteiger charge is 2.36. The minimum absolute atomic E-state index is 0.133. The molecule has 1 aliphatic heterocycles. The van der Waals surface area contributed by atoms with Crippen LogP contribution in [-0.4, -0.2) is 66.7 Å². The van der Waals surface area contributed by atoms with Gasteiger partial charge in [-0.15, -0.1) is 5.10 Å². The highest BCUT2D eigenvalue weighted by molar-refractivity contribution is 9.10. The van der Waals surface area contributed by atoms with E-state index in [1.807, 2.05) is 49.5 Å². The third-order valence-corrected chi connectivity index (χ3v) is 8.10. The van der Waals surface area contributed by atoms with Crippen molar-refractivity contribution in [2.45, 2.75) is 32.4 Å². The molecule has 0 radical (unpaired) electrons. The van der Waals surface area contributed by atoms with Crippen LogP contribution in [0.4, 0.5) is 4.39 Å². The second-order valence-electron chi connectivity index (χ2n) is 9.86. The fourth-order valence-electron chi connectivity index (χ4n) is 4.76. The Balaban J connectivity index is 1.25. The molecule has 2 aromatic heterocycles. The van der Waals surface area contributed by atoms with Gasteiger partial charge >= 0.3 is 0 Å². The molecule has 5 rings (SSSR count). The van der Waals surface area contributed by atoms with Gasteiger partial charge in [0.05, 0.1) is 35.2 Å². The number of nitrogens with zero attached hydrogens (tertiary/aromatic N) is 7. The van der Waals surface area contributed by atoms with E-state index in [1.54, 1.807) is 20.3 Å². The number of aromatic nitrogens is 5. The van der Waals surface area contributed by atoms with Crippen LogP contribution < -0.4 is 0 Å². The lowest BCUT2D eigenvalue weighted by Crippen LogP contribution is -2.54. The highest BCUT2D eigenvalue weighted by Crippen LogP contribution is 2.30. The topological polar surface area (TPSA) is 72.1 Å². The number of amides is 1. The lowest BCUT2D eigenvalue weighted by atomic mass is 9.97. The largest absolute Gasteiger partial charge is 0.336 e. The standard InChI is InChI=1S/C27H28BrClFN7O/c1-18(21-10-9-19(28)15-23(21)30)36-17-24(32-33-36)27(2,3)35-13-11-34(12-14-35)26(38)22-16-31-37(25(22)29)20-7-5-4-6-8-20/h4-10,15-18H,11-14H2,1-3H3/t18-/m1/s1.